The lowest BCUT2D eigenvalue weighted by Crippen LogP contribution is -2.37. The van der Waals surface area contributed by atoms with Gasteiger partial charge in [0.15, 0.2) is 5.82 Å². The van der Waals surface area contributed by atoms with Crippen LogP contribution in [0.25, 0.3) is 22.6 Å². The molecule has 8 heteroatoms. The van der Waals surface area contributed by atoms with Gasteiger partial charge in [0.2, 0.25) is 0 Å². The van der Waals surface area contributed by atoms with E-state index in [4.69, 9.17) is 24.0 Å². The number of rotatable bonds is 7. The Morgan fingerprint density at radius 1 is 1.08 bits per heavy atom. The highest BCUT2D eigenvalue weighted by Gasteiger charge is 2.22. The molecule has 1 amide bonds. The molecule has 2 heterocycles. The number of benzene rings is 1. The van der Waals surface area contributed by atoms with Crippen molar-refractivity contribution >= 4 is 6.09 Å². The average Bonchev–Trinajstić information content (AvgIpc) is 3.11. The van der Waals surface area contributed by atoms with Crippen LogP contribution in [0, 0.1) is 40.5 Å². The number of amides is 1. The largest absolute Gasteiger partial charge is 0.493 e. The number of aryl methyl sites for hydroxylation is 4. The lowest BCUT2D eigenvalue weighted by atomic mass is 10.0. The van der Waals surface area contributed by atoms with Crippen LogP contribution in [0.2, 0.25) is 0 Å². The lowest BCUT2D eigenvalue weighted by molar-refractivity contribution is 0.0265. The van der Waals surface area contributed by atoms with Crippen molar-refractivity contribution in [3.05, 3.63) is 46.5 Å². The fourth-order valence-corrected chi connectivity index (χ4v) is 3.92. The molecule has 0 saturated carbocycles. The number of carbonyl (C=O) groups excluding carboxylic acids is 1. The number of aromatic nitrogens is 3. The zero-order valence-electron chi connectivity index (χ0n) is 23.1. The maximum atomic E-state index is 12.3. The molecule has 3 rings (SSSR count). The Kier molecular flexibility index (Phi) is 8.06. The van der Waals surface area contributed by atoms with Crippen LogP contribution in [-0.4, -0.2) is 51.9 Å². The van der Waals surface area contributed by atoms with Gasteiger partial charge in [-0.1, -0.05) is 18.1 Å². The second kappa shape index (κ2) is 10.7. The Balaban J connectivity index is 1.79. The summed E-state index contributed by atoms with van der Waals surface area (Å²) in [7, 11) is 1.74. The van der Waals surface area contributed by atoms with E-state index in [1.165, 1.54) is 0 Å². The highest BCUT2D eigenvalue weighted by molar-refractivity contribution is 5.72. The fraction of sp³-hybridized carbons (Fsp3) is 0.500. The van der Waals surface area contributed by atoms with E-state index in [1.54, 1.807) is 11.9 Å². The summed E-state index contributed by atoms with van der Waals surface area (Å²) in [6.07, 6.45) is -0.340. The molecular formula is C28H38N4O4. The van der Waals surface area contributed by atoms with Crippen molar-refractivity contribution in [1.29, 1.82) is 0 Å². The van der Waals surface area contributed by atoms with Gasteiger partial charge < -0.3 is 18.9 Å². The van der Waals surface area contributed by atoms with Crippen molar-refractivity contribution in [1.82, 2.24) is 20.0 Å². The standard InChI is InChI=1S/C28H38N4O4/c1-16(14-32(10)27(33)35-28(7,8)9)15-34-22-12-11-17(2)23(13-22)26-29-19(4)18(3)25(30-26)24-20(5)31-36-21(24)6/h11-13,16H,14-15H2,1-10H3/t16-/m1/s1. The molecule has 0 unspecified atom stereocenters. The van der Waals surface area contributed by atoms with E-state index < -0.39 is 5.60 Å². The zero-order valence-corrected chi connectivity index (χ0v) is 23.1. The van der Waals surface area contributed by atoms with Crippen molar-refractivity contribution in [2.75, 3.05) is 20.2 Å². The molecular weight excluding hydrogens is 456 g/mol. The van der Waals surface area contributed by atoms with Crippen LogP contribution in [0.5, 0.6) is 5.75 Å². The molecule has 36 heavy (non-hydrogen) atoms. The number of hydrogen-bond acceptors (Lipinski definition) is 7. The van der Waals surface area contributed by atoms with E-state index in [-0.39, 0.29) is 12.0 Å². The van der Waals surface area contributed by atoms with Crippen LogP contribution >= 0.6 is 0 Å². The highest BCUT2D eigenvalue weighted by atomic mass is 16.6. The summed E-state index contributed by atoms with van der Waals surface area (Å²) in [6.45, 7) is 18.4. The van der Waals surface area contributed by atoms with Crippen LogP contribution in [0.3, 0.4) is 0 Å². The third-order valence-electron chi connectivity index (χ3n) is 5.93. The Bertz CT molecular complexity index is 1220. The minimum atomic E-state index is -0.523. The first-order chi connectivity index (χ1) is 16.8. The molecule has 0 saturated heterocycles. The summed E-state index contributed by atoms with van der Waals surface area (Å²) in [5.74, 6) is 2.20. The van der Waals surface area contributed by atoms with Crippen LogP contribution in [0.15, 0.2) is 22.7 Å². The van der Waals surface area contributed by atoms with E-state index in [2.05, 4.69) is 5.16 Å². The Morgan fingerprint density at radius 2 is 1.78 bits per heavy atom. The van der Waals surface area contributed by atoms with Crippen molar-refractivity contribution in [3.8, 4) is 28.4 Å². The first-order valence-electron chi connectivity index (χ1n) is 12.2. The molecule has 0 aliphatic carbocycles. The highest BCUT2D eigenvalue weighted by Crippen LogP contribution is 2.33. The summed E-state index contributed by atoms with van der Waals surface area (Å²) in [4.78, 5) is 23.5. The monoisotopic (exact) mass is 494 g/mol. The molecule has 0 radical (unpaired) electrons. The van der Waals surface area contributed by atoms with Crippen molar-refractivity contribution in [2.24, 2.45) is 5.92 Å². The molecule has 0 fully saturated rings. The maximum Gasteiger partial charge on any atom is 0.410 e. The molecule has 2 aromatic heterocycles. The quantitative estimate of drug-likeness (QED) is 0.385. The molecule has 0 aliphatic rings. The second-order valence-corrected chi connectivity index (χ2v) is 10.6. The normalized spacial score (nSPS) is 12.4. The van der Waals surface area contributed by atoms with Gasteiger partial charge in [0, 0.05) is 30.8 Å². The Hall–Kier alpha value is -3.42. The SMILES string of the molecule is Cc1ccc(OC[C@H](C)CN(C)C(=O)OC(C)(C)C)cc1-c1nc(C)c(C)c(-c2c(C)noc2C)n1. The maximum absolute atomic E-state index is 12.3. The number of carbonyl (C=O) groups is 1. The van der Waals surface area contributed by atoms with E-state index in [0.29, 0.717) is 19.0 Å². The first kappa shape index (κ1) is 27.2. The topological polar surface area (TPSA) is 90.6 Å². The predicted molar refractivity (Wildman–Crippen MR) is 140 cm³/mol. The second-order valence-electron chi connectivity index (χ2n) is 10.6. The molecule has 0 aliphatic heterocycles. The molecule has 1 atom stereocenters. The molecule has 0 bridgehead atoms. The van der Waals surface area contributed by atoms with E-state index in [1.807, 2.05) is 80.5 Å². The van der Waals surface area contributed by atoms with Gasteiger partial charge in [0.1, 0.15) is 17.1 Å². The summed E-state index contributed by atoms with van der Waals surface area (Å²) >= 11 is 0. The van der Waals surface area contributed by atoms with E-state index >= 15 is 0 Å². The Labute approximate surface area is 214 Å². The van der Waals surface area contributed by atoms with Crippen LogP contribution in [0.4, 0.5) is 4.79 Å². The van der Waals surface area contributed by atoms with Gasteiger partial charge in [-0.25, -0.2) is 14.8 Å². The van der Waals surface area contributed by atoms with Gasteiger partial charge in [-0.15, -0.1) is 0 Å². The van der Waals surface area contributed by atoms with Crippen molar-refractivity contribution < 1.29 is 18.8 Å². The minimum absolute atomic E-state index is 0.108. The van der Waals surface area contributed by atoms with Crippen LogP contribution < -0.4 is 4.74 Å². The van der Waals surface area contributed by atoms with E-state index in [9.17, 15) is 4.79 Å². The van der Waals surface area contributed by atoms with Crippen LogP contribution in [-0.2, 0) is 4.74 Å². The summed E-state index contributed by atoms with van der Waals surface area (Å²) in [5.41, 5.74) is 5.88. The van der Waals surface area contributed by atoms with Crippen molar-refractivity contribution in [3.63, 3.8) is 0 Å². The molecule has 1 aromatic carbocycles. The van der Waals surface area contributed by atoms with Crippen molar-refractivity contribution in [2.45, 2.75) is 67.9 Å². The molecule has 0 spiro atoms. The molecule has 0 N–H and O–H groups in total. The van der Waals surface area contributed by atoms with Gasteiger partial charge in [-0.2, -0.15) is 0 Å². The fourth-order valence-electron chi connectivity index (χ4n) is 3.92. The van der Waals surface area contributed by atoms with Gasteiger partial charge in [-0.05, 0) is 78.6 Å². The molecule has 3 aromatic rings. The van der Waals surface area contributed by atoms with Gasteiger partial charge in [-0.3, -0.25) is 0 Å². The summed E-state index contributed by atoms with van der Waals surface area (Å²) in [5, 5.41) is 4.10. The van der Waals surface area contributed by atoms with Gasteiger partial charge in [0.25, 0.3) is 0 Å². The lowest BCUT2D eigenvalue weighted by Gasteiger charge is -2.26. The smallest absolute Gasteiger partial charge is 0.410 e. The number of hydrogen-bond donors (Lipinski definition) is 0. The average molecular weight is 495 g/mol. The Morgan fingerprint density at radius 3 is 2.39 bits per heavy atom. The third-order valence-corrected chi connectivity index (χ3v) is 5.93. The summed E-state index contributed by atoms with van der Waals surface area (Å²) in [6, 6.07) is 5.93. The van der Waals surface area contributed by atoms with Gasteiger partial charge in [0.05, 0.1) is 23.6 Å². The first-order valence-corrected chi connectivity index (χ1v) is 12.2. The molecule has 194 valence electrons. The third kappa shape index (κ3) is 6.42. The zero-order chi connectivity index (χ0) is 26.8. The summed E-state index contributed by atoms with van der Waals surface area (Å²) < 4.78 is 16.9. The number of ether oxygens (including phenoxy) is 2. The predicted octanol–water partition coefficient (Wildman–Crippen LogP) is 6.22. The van der Waals surface area contributed by atoms with E-state index in [0.717, 1.165) is 50.8 Å². The minimum Gasteiger partial charge on any atom is -0.493 e. The molecule has 8 nitrogen and oxygen atoms in total. The van der Waals surface area contributed by atoms with Gasteiger partial charge >= 0.3 is 6.09 Å². The van der Waals surface area contributed by atoms with Crippen LogP contribution in [0.1, 0.15) is 56.0 Å². The number of nitrogens with zero attached hydrogens (tertiary/aromatic N) is 4.